The van der Waals surface area contributed by atoms with Crippen LogP contribution in [0.1, 0.15) is 6.42 Å². The first-order valence-electron chi connectivity index (χ1n) is 7.39. The van der Waals surface area contributed by atoms with Crippen molar-refractivity contribution < 1.29 is 23.8 Å². The summed E-state index contributed by atoms with van der Waals surface area (Å²) in [6.45, 7) is 1.20. The summed E-state index contributed by atoms with van der Waals surface area (Å²) >= 11 is 0. The molecule has 1 fully saturated rings. The molecule has 0 spiro atoms. The zero-order valence-corrected chi connectivity index (χ0v) is 13.6. The van der Waals surface area contributed by atoms with Crippen LogP contribution in [0.25, 0.3) is 0 Å². The van der Waals surface area contributed by atoms with Crippen molar-refractivity contribution in [1.82, 2.24) is 5.32 Å². The Hall–Kier alpha value is -2.28. The molecule has 1 N–H and O–H groups in total. The van der Waals surface area contributed by atoms with E-state index >= 15 is 0 Å². The third-order valence-corrected chi connectivity index (χ3v) is 3.78. The number of ether oxygens (including phenoxy) is 3. The van der Waals surface area contributed by atoms with Crippen molar-refractivity contribution in [2.75, 3.05) is 45.9 Å². The van der Waals surface area contributed by atoms with E-state index < -0.39 is 0 Å². The minimum Gasteiger partial charge on any atom is -0.497 e. The summed E-state index contributed by atoms with van der Waals surface area (Å²) < 4.78 is 15.4. The van der Waals surface area contributed by atoms with Crippen LogP contribution in [-0.4, -0.2) is 52.8 Å². The highest BCUT2D eigenvalue weighted by Crippen LogP contribution is 2.35. The fourth-order valence-electron chi connectivity index (χ4n) is 2.54. The van der Waals surface area contributed by atoms with Crippen LogP contribution in [0.15, 0.2) is 18.2 Å². The first-order valence-corrected chi connectivity index (χ1v) is 7.39. The van der Waals surface area contributed by atoms with Gasteiger partial charge >= 0.3 is 0 Å². The maximum atomic E-state index is 12.3. The number of benzene rings is 1. The van der Waals surface area contributed by atoms with Crippen molar-refractivity contribution in [2.24, 2.45) is 5.92 Å². The quantitative estimate of drug-likeness (QED) is 0.752. The summed E-state index contributed by atoms with van der Waals surface area (Å²) in [6, 6.07) is 5.24. The van der Waals surface area contributed by atoms with E-state index in [9.17, 15) is 9.59 Å². The van der Waals surface area contributed by atoms with Crippen molar-refractivity contribution >= 4 is 17.5 Å². The molecule has 1 aromatic carbocycles. The van der Waals surface area contributed by atoms with Gasteiger partial charge in [-0.3, -0.25) is 9.59 Å². The molecule has 0 bridgehead atoms. The molecule has 0 unspecified atom stereocenters. The molecular weight excluding hydrogens is 300 g/mol. The van der Waals surface area contributed by atoms with Crippen LogP contribution in [0.3, 0.4) is 0 Å². The van der Waals surface area contributed by atoms with Crippen molar-refractivity contribution in [3.8, 4) is 11.5 Å². The molecule has 1 aromatic rings. The molecule has 1 saturated heterocycles. The standard InChI is InChI=1S/C16H22N2O5/c1-21-7-6-17-16(20)11-8-15(19)18(10-11)13-9-12(22-2)4-5-14(13)23-3/h4-5,9,11H,6-8,10H2,1-3H3,(H,17,20)/t11-/m0/s1. The van der Waals surface area contributed by atoms with Crippen LogP contribution >= 0.6 is 0 Å². The Labute approximate surface area is 135 Å². The van der Waals surface area contributed by atoms with Gasteiger partial charge in [0.15, 0.2) is 0 Å². The SMILES string of the molecule is COCCNC(=O)[C@H]1CC(=O)N(c2cc(OC)ccc2OC)C1. The molecule has 0 aliphatic carbocycles. The summed E-state index contributed by atoms with van der Waals surface area (Å²) in [5, 5.41) is 2.77. The summed E-state index contributed by atoms with van der Waals surface area (Å²) in [5.74, 6) is 0.569. The molecule has 0 radical (unpaired) electrons. The lowest BCUT2D eigenvalue weighted by Crippen LogP contribution is -2.34. The highest BCUT2D eigenvalue weighted by molar-refractivity contribution is 6.01. The molecule has 1 aliphatic heterocycles. The second-order valence-electron chi connectivity index (χ2n) is 5.23. The van der Waals surface area contributed by atoms with Crippen LogP contribution < -0.4 is 19.7 Å². The fraction of sp³-hybridized carbons (Fsp3) is 0.500. The first kappa shape index (κ1) is 17.1. The number of carbonyl (C=O) groups excluding carboxylic acids is 2. The Morgan fingerprint density at radius 3 is 2.74 bits per heavy atom. The predicted octanol–water partition coefficient (Wildman–Crippen LogP) is 0.819. The summed E-state index contributed by atoms with van der Waals surface area (Å²) in [4.78, 5) is 26.0. The van der Waals surface area contributed by atoms with E-state index in [1.54, 1.807) is 44.4 Å². The largest absolute Gasteiger partial charge is 0.497 e. The number of amides is 2. The van der Waals surface area contributed by atoms with Crippen molar-refractivity contribution in [2.45, 2.75) is 6.42 Å². The average Bonchev–Trinajstić information content (AvgIpc) is 2.96. The highest BCUT2D eigenvalue weighted by Gasteiger charge is 2.36. The molecule has 1 atom stereocenters. The van der Waals surface area contributed by atoms with Gasteiger partial charge in [0, 0.05) is 32.7 Å². The zero-order chi connectivity index (χ0) is 16.8. The Balaban J connectivity index is 2.12. The van der Waals surface area contributed by atoms with E-state index in [4.69, 9.17) is 14.2 Å². The number of nitrogens with one attached hydrogen (secondary N) is 1. The van der Waals surface area contributed by atoms with E-state index in [-0.39, 0.29) is 24.2 Å². The van der Waals surface area contributed by atoms with Gasteiger partial charge < -0.3 is 24.4 Å². The number of carbonyl (C=O) groups is 2. The van der Waals surface area contributed by atoms with Crippen molar-refractivity contribution in [3.63, 3.8) is 0 Å². The monoisotopic (exact) mass is 322 g/mol. The Morgan fingerprint density at radius 1 is 1.30 bits per heavy atom. The number of hydrogen-bond acceptors (Lipinski definition) is 5. The molecule has 7 heteroatoms. The van der Waals surface area contributed by atoms with Gasteiger partial charge in [-0.05, 0) is 12.1 Å². The third kappa shape index (κ3) is 3.92. The molecule has 2 rings (SSSR count). The van der Waals surface area contributed by atoms with Crippen LogP contribution in [0.4, 0.5) is 5.69 Å². The van der Waals surface area contributed by atoms with Crippen LogP contribution in [0, 0.1) is 5.92 Å². The maximum absolute atomic E-state index is 12.3. The fourth-order valence-corrected chi connectivity index (χ4v) is 2.54. The molecule has 0 aromatic heterocycles. The number of hydrogen-bond donors (Lipinski definition) is 1. The Bertz CT molecular complexity index is 576. The van der Waals surface area contributed by atoms with Crippen LogP contribution in [0.2, 0.25) is 0 Å². The minimum atomic E-state index is -0.379. The van der Waals surface area contributed by atoms with Gasteiger partial charge in [-0.2, -0.15) is 0 Å². The molecule has 0 saturated carbocycles. The number of nitrogens with zero attached hydrogens (tertiary/aromatic N) is 1. The van der Waals surface area contributed by atoms with Gasteiger partial charge in [0.25, 0.3) is 0 Å². The number of anilines is 1. The van der Waals surface area contributed by atoms with Gasteiger partial charge in [0.05, 0.1) is 32.4 Å². The summed E-state index contributed by atoms with van der Waals surface area (Å²) in [7, 11) is 4.67. The van der Waals surface area contributed by atoms with Crippen LogP contribution in [-0.2, 0) is 14.3 Å². The molecule has 23 heavy (non-hydrogen) atoms. The van der Waals surface area contributed by atoms with E-state index in [0.717, 1.165) is 0 Å². The first-order chi connectivity index (χ1) is 11.1. The second-order valence-corrected chi connectivity index (χ2v) is 5.23. The van der Waals surface area contributed by atoms with Crippen molar-refractivity contribution in [1.29, 1.82) is 0 Å². The normalized spacial score (nSPS) is 17.3. The number of methoxy groups -OCH3 is 3. The lowest BCUT2D eigenvalue weighted by molar-refractivity contribution is -0.126. The van der Waals surface area contributed by atoms with Gasteiger partial charge in [-0.15, -0.1) is 0 Å². The zero-order valence-electron chi connectivity index (χ0n) is 13.6. The van der Waals surface area contributed by atoms with Crippen LogP contribution in [0.5, 0.6) is 11.5 Å². The smallest absolute Gasteiger partial charge is 0.227 e. The lowest BCUT2D eigenvalue weighted by Gasteiger charge is -2.20. The van der Waals surface area contributed by atoms with E-state index in [2.05, 4.69) is 5.32 Å². The molecule has 1 aliphatic rings. The Kier molecular flexibility index (Phi) is 5.81. The Morgan fingerprint density at radius 2 is 2.09 bits per heavy atom. The molecule has 1 heterocycles. The molecule has 2 amide bonds. The molecular formula is C16H22N2O5. The molecule has 126 valence electrons. The average molecular weight is 322 g/mol. The van der Waals surface area contributed by atoms with E-state index in [1.165, 1.54) is 0 Å². The lowest BCUT2D eigenvalue weighted by atomic mass is 10.1. The minimum absolute atomic E-state index is 0.108. The van der Waals surface area contributed by atoms with Gasteiger partial charge in [0.1, 0.15) is 11.5 Å². The van der Waals surface area contributed by atoms with E-state index in [0.29, 0.717) is 36.9 Å². The highest BCUT2D eigenvalue weighted by atomic mass is 16.5. The summed E-state index contributed by atoms with van der Waals surface area (Å²) in [5.41, 5.74) is 0.615. The predicted molar refractivity (Wildman–Crippen MR) is 84.9 cm³/mol. The molecule has 7 nitrogen and oxygen atoms in total. The van der Waals surface area contributed by atoms with Crippen molar-refractivity contribution in [3.05, 3.63) is 18.2 Å². The van der Waals surface area contributed by atoms with Gasteiger partial charge in [-0.25, -0.2) is 0 Å². The number of rotatable bonds is 7. The van der Waals surface area contributed by atoms with E-state index in [1.807, 2.05) is 0 Å². The van der Waals surface area contributed by atoms with Gasteiger partial charge in [0.2, 0.25) is 11.8 Å². The third-order valence-electron chi connectivity index (χ3n) is 3.78. The second kappa shape index (κ2) is 7.82. The summed E-state index contributed by atoms with van der Waals surface area (Å²) in [6.07, 6.45) is 0.180. The maximum Gasteiger partial charge on any atom is 0.227 e. The van der Waals surface area contributed by atoms with Gasteiger partial charge in [-0.1, -0.05) is 0 Å². The topological polar surface area (TPSA) is 77.1 Å².